The Balaban J connectivity index is 1.55. The summed E-state index contributed by atoms with van der Waals surface area (Å²) in [6.07, 6.45) is 0.572. The lowest BCUT2D eigenvalue weighted by atomic mass is 10.1. The van der Waals surface area contributed by atoms with Crippen LogP contribution in [-0.4, -0.2) is 21.6 Å². The van der Waals surface area contributed by atoms with Crippen LogP contribution in [0.5, 0.6) is 0 Å². The highest BCUT2D eigenvalue weighted by Gasteiger charge is 2.13. The number of fused-ring (bicyclic) bond motifs is 1. The molecule has 0 aliphatic heterocycles. The summed E-state index contributed by atoms with van der Waals surface area (Å²) >= 11 is 7.30. The van der Waals surface area contributed by atoms with Crippen LogP contribution in [0.4, 0.5) is 10.1 Å². The standard InChI is InChI=1S/C23H17ClFN3OS/c24-16-10-8-15(9-11-16)12-21-23(28-20-7-2-1-6-19(20)27-21)30-14-22(29)26-18-5-3-4-17(25)13-18/h1-11,13H,12,14H2,(H,26,29). The lowest BCUT2D eigenvalue weighted by Crippen LogP contribution is -2.14. The average molecular weight is 438 g/mol. The van der Waals surface area contributed by atoms with Crippen molar-refractivity contribution in [1.29, 1.82) is 0 Å². The molecule has 4 aromatic rings. The summed E-state index contributed by atoms with van der Waals surface area (Å²) in [6, 6.07) is 21.0. The first-order chi connectivity index (χ1) is 14.6. The molecule has 0 bridgehead atoms. The number of carbonyl (C=O) groups is 1. The smallest absolute Gasteiger partial charge is 0.234 e. The Morgan fingerprint density at radius 2 is 1.70 bits per heavy atom. The van der Waals surface area contributed by atoms with Gasteiger partial charge in [0.15, 0.2) is 0 Å². The van der Waals surface area contributed by atoms with Gasteiger partial charge >= 0.3 is 0 Å². The number of hydrogen-bond acceptors (Lipinski definition) is 4. The summed E-state index contributed by atoms with van der Waals surface area (Å²) < 4.78 is 13.3. The molecule has 4 rings (SSSR count). The van der Waals surface area contributed by atoms with Crippen molar-refractivity contribution in [3.63, 3.8) is 0 Å². The number of amides is 1. The first-order valence-electron chi connectivity index (χ1n) is 9.25. The van der Waals surface area contributed by atoms with Crippen LogP contribution in [0.2, 0.25) is 5.02 Å². The molecular formula is C23H17ClFN3OS. The maximum absolute atomic E-state index is 13.3. The molecule has 150 valence electrons. The molecule has 0 saturated heterocycles. The maximum Gasteiger partial charge on any atom is 0.234 e. The average Bonchev–Trinajstić information content (AvgIpc) is 2.74. The van der Waals surface area contributed by atoms with Gasteiger partial charge in [-0.1, -0.05) is 53.7 Å². The van der Waals surface area contributed by atoms with Gasteiger partial charge in [0.05, 0.1) is 22.5 Å². The maximum atomic E-state index is 13.3. The van der Waals surface area contributed by atoms with E-state index in [1.165, 1.54) is 23.9 Å². The highest BCUT2D eigenvalue weighted by molar-refractivity contribution is 8.00. The second-order valence-electron chi connectivity index (χ2n) is 6.61. The SMILES string of the molecule is O=C(CSc1nc2ccccc2nc1Cc1ccc(Cl)cc1)Nc1cccc(F)c1. The van der Waals surface area contributed by atoms with Crippen LogP contribution in [0, 0.1) is 5.82 Å². The van der Waals surface area contributed by atoms with Gasteiger partial charge in [-0.05, 0) is 48.0 Å². The summed E-state index contributed by atoms with van der Waals surface area (Å²) in [6.45, 7) is 0. The minimum atomic E-state index is -0.397. The Kier molecular flexibility index (Phi) is 6.26. The second kappa shape index (κ2) is 9.24. The monoisotopic (exact) mass is 437 g/mol. The van der Waals surface area contributed by atoms with Crippen LogP contribution < -0.4 is 5.32 Å². The predicted octanol–water partition coefficient (Wildman–Crippen LogP) is 5.74. The van der Waals surface area contributed by atoms with E-state index in [4.69, 9.17) is 21.6 Å². The number of hydrogen-bond donors (Lipinski definition) is 1. The van der Waals surface area contributed by atoms with Crippen LogP contribution in [0.1, 0.15) is 11.3 Å². The first-order valence-corrected chi connectivity index (χ1v) is 10.6. The molecule has 0 atom stereocenters. The number of para-hydroxylation sites is 2. The van der Waals surface area contributed by atoms with Gasteiger partial charge in [0.2, 0.25) is 5.91 Å². The molecule has 1 aromatic heterocycles. The minimum absolute atomic E-state index is 0.136. The van der Waals surface area contributed by atoms with Crippen molar-refractivity contribution in [1.82, 2.24) is 9.97 Å². The molecule has 3 aromatic carbocycles. The van der Waals surface area contributed by atoms with E-state index >= 15 is 0 Å². The van der Waals surface area contributed by atoms with Crippen LogP contribution in [-0.2, 0) is 11.2 Å². The summed E-state index contributed by atoms with van der Waals surface area (Å²) in [4.78, 5) is 21.8. The van der Waals surface area contributed by atoms with E-state index in [9.17, 15) is 9.18 Å². The predicted molar refractivity (Wildman–Crippen MR) is 120 cm³/mol. The Morgan fingerprint density at radius 1 is 0.967 bits per heavy atom. The summed E-state index contributed by atoms with van der Waals surface area (Å²) in [5.41, 5.74) is 3.83. The zero-order valence-corrected chi connectivity index (χ0v) is 17.4. The van der Waals surface area contributed by atoms with Gasteiger partial charge in [-0.3, -0.25) is 4.79 Å². The Labute approximate surface area is 182 Å². The van der Waals surface area contributed by atoms with Gasteiger partial charge in [0, 0.05) is 17.1 Å². The van der Waals surface area contributed by atoms with Gasteiger partial charge in [0.25, 0.3) is 0 Å². The number of thioether (sulfide) groups is 1. The number of aromatic nitrogens is 2. The lowest BCUT2D eigenvalue weighted by Gasteiger charge is -2.10. The van der Waals surface area contributed by atoms with E-state index in [-0.39, 0.29) is 11.7 Å². The number of benzene rings is 3. The van der Waals surface area contributed by atoms with E-state index in [0.29, 0.717) is 22.2 Å². The highest BCUT2D eigenvalue weighted by atomic mass is 35.5. The molecule has 0 aliphatic rings. The Hall–Kier alpha value is -2.96. The van der Waals surface area contributed by atoms with Crippen molar-refractivity contribution in [3.05, 3.63) is 94.9 Å². The molecule has 0 fully saturated rings. The van der Waals surface area contributed by atoms with Gasteiger partial charge in [-0.15, -0.1) is 0 Å². The number of nitrogens with one attached hydrogen (secondary N) is 1. The number of nitrogens with zero attached hydrogens (tertiary/aromatic N) is 2. The van der Waals surface area contributed by atoms with Crippen LogP contribution in [0.15, 0.2) is 77.8 Å². The second-order valence-corrected chi connectivity index (χ2v) is 8.02. The Bertz CT molecular complexity index is 1200. The van der Waals surface area contributed by atoms with E-state index in [2.05, 4.69) is 5.32 Å². The molecule has 4 nitrogen and oxygen atoms in total. The Morgan fingerprint density at radius 3 is 2.43 bits per heavy atom. The first kappa shape index (κ1) is 20.3. The molecule has 7 heteroatoms. The van der Waals surface area contributed by atoms with Crippen LogP contribution in [0.25, 0.3) is 11.0 Å². The largest absolute Gasteiger partial charge is 0.325 e. The van der Waals surface area contributed by atoms with Crippen molar-refractivity contribution < 1.29 is 9.18 Å². The summed E-state index contributed by atoms with van der Waals surface area (Å²) in [5.74, 6) is -0.499. The molecule has 0 saturated carbocycles. The minimum Gasteiger partial charge on any atom is -0.325 e. The van der Waals surface area contributed by atoms with E-state index in [0.717, 1.165) is 22.3 Å². The zero-order chi connectivity index (χ0) is 20.9. The molecular weight excluding hydrogens is 421 g/mol. The molecule has 0 spiro atoms. The van der Waals surface area contributed by atoms with E-state index < -0.39 is 5.82 Å². The van der Waals surface area contributed by atoms with E-state index in [1.54, 1.807) is 12.1 Å². The normalized spacial score (nSPS) is 10.9. The van der Waals surface area contributed by atoms with Gasteiger partial charge in [-0.25, -0.2) is 14.4 Å². The zero-order valence-electron chi connectivity index (χ0n) is 15.8. The third-order valence-corrected chi connectivity index (χ3v) is 5.60. The summed E-state index contributed by atoms with van der Waals surface area (Å²) in [5, 5.41) is 4.07. The van der Waals surface area contributed by atoms with Crippen LogP contribution >= 0.6 is 23.4 Å². The van der Waals surface area contributed by atoms with Gasteiger partial charge in [-0.2, -0.15) is 0 Å². The number of halogens is 2. The fourth-order valence-electron chi connectivity index (χ4n) is 2.94. The van der Waals surface area contributed by atoms with Crippen molar-refractivity contribution in [2.24, 2.45) is 0 Å². The molecule has 0 radical (unpaired) electrons. The third-order valence-electron chi connectivity index (χ3n) is 4.34. The van der Waals surface area contributed by atoms with Crippen molar-refractivity contribution in [3.8, 4) is 0 Å². The van der Waals surface area contributed by atoms with Crippen molar-refractivity contribution in [2.45, 2.75) is 11.4 Å². The quantitative estimate of drug-likeness (QED) is 0.390. The lowest BCUT2D eigenvalue weighted by molar-refractivity contribution is -0.113. The van der Waals surface area contributed by atoms with Gasteiger partial charge in [0.1, 0.15) is 10.8 Å². The highest BCUT2D eigenvalue weighted by Crippen LogP contribution is 2.25. The van der Waals surface area contributed by atoms with Gasteiger partial charge < -0.3 is 5.32 Å². The number of anilines is 1. The number of carbonyl (C=O) groups excluding carboxylic acids is 1. The fraction of sp³-hybridized carbons (Fsp3) is 0.0870. The summed E-state index contributed by atoms with van der Waals surface area (Å²) in [7, 11) is 0. The van der Waals surface area contributed by atoms with E-state index in [1.807, 2.05) is 48.5 Å². The van der Waals surface area contributed by atoms with Crippen LogP contribution in [0.3, 0.4) is 0 Å². The molecule has 1 amide bonds. The molecule has 0 unspecified atom stereocenters. The van der Waals surface area contributed by atoms with Crippen molar-refractivity contribution in [2.75, 3.05) is 11.1 Å². The van der Waals surface area contributed by atoms with Crippen molar-refractivity contribution >= 4 is 46.0 Å². The molecule has 0 aliphatic carbocycles. The third kappa shape index (κ3) is 5.14. The number of rotatable bonds is 6. The molecule has 1 N–H and O–H groups in total. The molecule has 1 heterocycles. The molecule has 30 heavy (non-hydrogen) atoms. The topological polar surface area (TPSA) is 54.9 Å². The fourth-order valence-corrected chi connectivity index (χ4v) is 3.86.